The van der Waals surface area contributed by atoms with Gasteiger partial charge in [-0.25, -0.2) is 14.6 Å². The zero-order chi connectivity index (χ0) is 14.8. The van der Waals surface area contributed by atoms with E-state index in [1.165, 1.54) is 6.33 Å². The van der Waals surface area contributed by atoms with Crippen molar-refractivity contribution in [1.29, 1.82) is 5.26 Å². The van der Waals surface area contributed by atoms with Crippen molar-refractivity contribution >= 4 is 11.0 Å². The van der Waals surface area contributed by atoms with Gasteiger partial charge in [0.15, 0.2) is 0 Å². The molecule has 21 heavy (non-hydrogen) atoms. The summed E-state index contributed by atoms with van der Waals surface area (Å²) in [6.07, 6.45) is 3.20. The minimum absolute atomic E-state index is 0.507. The summed E-state index contributed by atoms with van der Waals surface area (Å²) >= 11 is 0. The Kier molecular flexibility index (Phi) is 3.40. The van der Waals surface area contributed by atoms with Crippen LogP contribution in [0.1, 0.15) is 25.2 Å². The van der Waals surface area contributed by atoms with E-state index in [1.54, 1.807) is 11.0 Å². The second-order valence-corrected chi connectivity index (χ2v) is 5.44. The third kappa shape index (κ3) is 2.63. The molecule has 2 heterocycles. The number of imidazole rings is 1. The molecule has 0 fully saturated rings. The van der Waals surface area contributed by atoms with Gasteiger partial charge in [0.2, 0.25) is 0 Å². The zero-order valence-electron chi connectivity index (χ0n) is 12.1. The summed E-state index contributed by atoms with van der Waals surface area (Å²) in [5, 5.41) is 13.2. The molecule has 0 N–H and O–H groups in total. The predicted octanol–water partition coefficient (Wildman–Crippen LogP) is 2.20. The van der Waals surface area contributed by atoms with Gasteiger partial charge in [-0.2, -0.15) is 10.4 Å². The largest absolute Gasteiger partial charge is 0.326 e. The number of nitriles is 1. The molecule has 0 unspecified atom stereocenters. The monoisotopic (exact) mass is 280 g/mol. The molecule has 106 valence electrons. The Morgan fingerprint density at radius 3 is 2.86 bits per heavy atom. The number of benzene rings is 1. The third-order valence-electron chi connectivity index (χ3n) is 3.27. The SMILES string of the molecule is CC(C)Cn1c(Cn2cncn2)nc2cc(C#N)ccc21. The second-order valence-electron chi connectivity index (χ2n) is 5.44. The van der Waals surface area contributed by atoms with Gasteiger partial charge in [0, 0.05) is 6.54 Å². The lowest BCUT2D eigenvalue weighted by Gasteiger charge is -2.11. The number of rotatable bonds is 4. The van der Waals surface area contributed by atoms with Gasteiger partial charge in [0.05, 0.1) is 22.7 Å². The van der Waals surface area contributed by atoms with Crippen LogP contribution in [0, 0.1) is 17.2 Å². The maximum Gasteiger partial charge on any atom is 0.137 e. The second kappa shape index (κ2) is 5.37. The van der Waals surface area contributed by atoms with Crippen LogP contribution in [0.5, 0.6) is 0 Å². The van der Waals surface area contributed by atoms with E-state index >= 15 is 0 Å². The van der Waals surface area contributed by atoms with E-state index in [9.17, 15) is 0 Å². The third-order valence-corrected chi connectivity index (χ3v) is 3.27. The fraction of sp³-hybridized carbons (Fsp3) is 0.333. The van der Waals surface area contributed by atoms with Gasteiger partial charge in [-0.1, -0.05) is 13.8 Å². The number of hydrogen-bond acceptors (Lipinski definition) is 4. The lowest BCUT2D eigenvalue weighted by Crippen LogP contribution is -2.12. The quantitative estimate of drug-likeness (QED) is 0.734. The molecular weight excluding hydrogens is 264 g/mol. The molecule has 0 saturated carbocycles. The van der Waals surface area contributed by atoms with E-state index in [2.05, 4.69) is 39.6 Å². The van der Waals surface area contributed by atoms with Gasteiger partial charge in [0.1, 0.15) is 25.0 Å². The van der Waals surface area contributed by atoms with Crippen molar-refractivity contribution in [2.45, 2.75) is 26.9 Å². The zero-order valence-corrected chi connectivity index (χ0v) is 12.1. The first-order valence-corrected chi connectivity index (χ1v) is 6.89. The summed E-state index contributed by atoms with van der Waals surface area (Å²) < 4.78 is 3.95. The van der Waals surface area contributed by atoms with Gasteiger partial charge in [-0.3, -0.25) is 0 Å². The van der Waals surface area contributed by atoms with Crippen molar-refractivity contribution < 1.29 is 0 Å². The molecule has 0 radical (unpaired) electrons. The standard InChI is InChI=1S/C15H16N6/c1-11(2)7-21-14-4-3-12(6-16)5-13(14)19-15(21)8-20-10-17-9-18-20/h3-5,9-11H,7-8H2,1-2H3. The Bertz CT molecular complexity index is 792. The fourth-order valence-electron chi connectivity index (χ4n) is 2.40. The normalized spacial score (nSPS) is 11.1. The minimum atomic E-state index is 0.507. The van der Waals surface area contributed by atoms with Crippen LogP contribution in [0.2, 0.25) is 0 Å². The Morgan fingerprint density at radius 1 is 1.33 bits per heavy atom. The van der Waals surface area contributed by atoms with Gasteiger partial charge >= 0.3 is 0 Å². The molecule has 6 heteroatoms. The van der Waals surface area contributed by atoms with Crippen molar-refractivity contribution in [3.63, 3.8) is 0 Å². The molecule has 0 saturated heterocycles. The van der Waals surface area contributed by atoms with E-state index in [4.69, 9.17) is 5.26 Å². The van der Waals surface area contributed by atoms with Gasteiger partial charge in [-0.15, -0.1) is 0 Å². The molecular formula is C15H16N6. The van der Waals surface area contributed by atoms with Crippen LogP contribution in [-0.4, -0.2) is 24.3 Å². The van der Waals surface area contributed by atoms with Gasteiger partial charge in [-0.05, 0) is 24.1 Å². The van der Waals surface area contributed by atoms with Crippen LogP contribution in [-0.2, 0) is 13.1 Å². The van der Waals surface area contributed by atoms with Crippen LogP contribution in [0.4, 0.5) is 0 Å². The van der Waals surface area contributed by atoms with E-state index in [-0.39, 0.29) is 0 Å². The summed E-state index contributed by atoms with van der Waals surface area (Å²) in [5.41, 5.74) is 2.53. The minimum Gasteiger partial charge on any atom is -0.326 e. The molecule has 3 rings (SSSR count). The van der Waals surface area contributed by atoms with Gasteiger partial charge in [0.25, 0.3) is 0 Å². The number of fused-ring (bicyclic) bond motifs is 1. The van der Waals surface area contributed by atoms with Crippen LogP contribution >= 0.6 is 0 Å². The predicted molar refractivity (Wildman–Crippen MR) is 78.4 cm³/mol. The molecule has 0 atom stereocenters. The van der Waals surface area contributed by atoms with Crippen LogP contribution < -0.4 is 0 Å². The first-order valence-electron chi connectivity index (χ1n) is 6.89. The molecule has 0 bridgehead atoms. The molecule has 0 aliphatic carbocycles. The highest BCUT2D eigenvalue weighted by atomic mass is 15.3. The van der Waals surface area contributed by atoms with E-state index in [0.29, 0.717) is 18.0 Å². The average molecular weight is 280 g/mol. The van der Waals surface area contributed by atoms with Crippen LogP contribution in [0.25, 0.3) is 11.0 Å². The maximum absolute atomic E-state index is 9.02. The van der Waals surface area contributed by atoms with E-state index in [0.717, 1.165) is 23.4 Å². The van der Waals surface area contributed by atoms with E-state index in [1.807, 2.05) is 18.2 Å². The molecule has 0 spiro atoms. The highest BCUT2D eigenvalue weighted by Crippen LogP contribution is 2.20. The number of hydrogen-bond donors (Lipinski definition) is 0. The molecule has 1 aromatic carbocycles. The highest BCUT2D eigenvalue weighted by Gasteiger charge is 2.13. The summed E-state index contributed by atoms with van der Waals surface area (Å²) in [6, 6.07) is 7.79. The summed E-state index contributed by atoms with van der Waals surface area (Å²) in [5.74, 6) is 1.44. The van der Waals surface area contributed by atoms with Gasteiger partial charge < -0.3 is 4.57 Å². The summed E-state index contributed by atoms with van der Waals surface area (Å²) in [7, 11) is 0. The highest BCUT2D eigenvalue weighted by molar-refractivity contribution is 5.77. The summed E-state index contributed by atoms with van der Waals surface area (Å²) in [4.78, 5) is 8.63. The van der Waals surface area contributed by atoms with Crippen LogP contribution in [0.3, 0.4) is 0 Å². The first kappa shape index (κ1) is 13.3. The number of aromatic nitrogens is 5. The van der Waals surface area contributed by atoms with Crippen molar-refractivity contribution in [2.75, 3.05) is 0 Å². The van der Waals surface area contributed by atoms with Crippen molar-refractivity contribution in [1.82, 2.24) is 24.3 Å². The molecule has 0 aliphatic heterocycles. The summed E-state index contributed by atoms with van der Waals surface area (Å²) in [6.45, 7) is 5.80. The molecule has 3 aromatic rings. The Morgan fingerprint density at radius 2 is 2.19 bits per heavy atom. The Hall–Kier alpha value is -2.68. The van der Waals surface area contributed by atoms with E-state index < -0.39 is 0 Å². The molecule has 0 aliphatic rings. The smallest absolute Gasteiger partial charge is 0.137 e. The molecule has 0 amide bonds. The topological polar surface area (TPSA) is 72.3 Å². The molecule has 2 aromatic heterocycles. The average Bonchev–Trinajstić information content (AvgIpc) is 3.07. The van der Waals surface area contributed by atoms with Crippen molar-refractivity contribution in [2.24, 2.45) is 5.92 Å². The lowest BCUT2D eigenvalue weighted by atomic mass is 10.2. The van der Waals surface area contributed by atoms with Crippen molar-refractivity contribution in [3.8, 4) is 6.07 Å². The first-order chi connectivity index (χ1) is 10.2. The Labute approximate surface area is 122 Å². The molecule has 6 nitrogen and oxygen atoms in total. The Balaban J connectivity index is 2.10. The van der Waals surface area contributed by atoms with Crippen LogP contribution in [0.15, 0.2) is 30.9 Å². The fourth-order valence-corrected chi connectivity index (χ4v) is 2.40. The number of nitrogens with zero attached hydrogens (tertiary/aromatic N) is 6. The lowest BCUT2D eigenvalue weighted by molar-refractivity contribution is 0.503. The van der Waals surface area contributed by atoms with Crippen molar-refractivity contribution in [3.05, 3.63) is 42.2 Å². The maximum atomic E-state index is 9.02.